The van der Waals surface area contributed by atoms with Gasteiger partial charge in [0.25, 0.3) is 0 Å². The fourth-order valence-electron chi connectivity index (χ4n) is 3.52. The number of rotatable bonds is 9. The second kappa shape index (κ2) is 12.1. The van der Waals surface area contributed by atoms with Crippen LogP contribution in [0.5, 0.6) is 5.75 Å². The summed E-state index contributed by atoms with van der Waals surface area (Å²) in [7, 11) is 0. The molecule has 1 heterocycles. The minimum Gasteiger partial charge on any atom is -0.494 e. The highest BCUT2D eigenvalue weighted by atomic mass is 79.9. The number of benzene rings is 3. The van der Waals surface area contributed by atoms with Crippen LogP contribution in [0.2, 0.25) is 0 Å². The number of aromatic nitrogens is 3. The first-order valence-corrected chi connectivity index (χ1v) is 13.3. The molecule has 0 spiro atoms. The first kappa shape index (κ1) is 26.4. The lowest BCUT2D eigenvalue weighted by molar-refractivity contribution is -0.115. The molecule has 2 N–H and O–H groups in total. The van der Waals surface area contributed by atoms with Gasteiger partial charge in [0.15, 0.2) is 11.0 Å². The van der Waals surface area contributed by atoms with Crippen LogP contribution in [-0.4, -0.2) is 38.4 Å². The van der Waals surface area contributed by atoms with E-state index in [0.717, 1.165) is 21.5 Å². The van der Waals surface area contributed by atoms with Crippen LogP contribution in [0.3, 0.4) is 0 Å². The summed E-state index contributed by atoms with van der Waals surface area (Å²) in [6, 6.07) is 22.5. The van der Waals surface area contributed by atoms with Crippen LogP contribution in [0.4, 0.5) is 11.4 Å². The summed E-state index contributed by atoms with van der Waals surface area (Å²) in [6.45, 7) is 5.79. The number of halogens is 1. The van der Waals surface area contributed by atoms with Crippen molar-refractivity contribution in [3.63, 3.8) is 0 Å². The topological polar surface area (TPSA) is 98.1 Å². The highest BCUT2D eigenvalue weighted by Gasteiger charge is 2.22. The summed E-state index contributed by atoms with van der Waals surface area (Å²) in [5, 5.41) is 14.6. The van der Waals surface area contributed by atoms with Crippen molar-refractivity contribution in [2.45, 2.75) is 31.2 Å². The molecule has 1 atom stereocenters. The molecule has 0 saturated carbocycles. The Bertz CT molecular complexity index is 1370. The fourth-order valence-corrected chi connectivity index (χ4v) is 4.65. The second-order valence-corrected chi connectivity index (χ2v) is 10.3. The minimum atomic E-state index is -0.460. The van der Waals surface area contributed by atoms with Crippen LogP contribution in [0, 0.1) is 0 Å². The van der Waals surface area contributed by atoms with Crippen LogP contribution in [0.1, 0.15) is 20.8 Å². The van der Waals surface area contributed by atoms with Gasteiger partial charge in [-0.25, -0.2) is 0 Å². The number of nitrogens with zero attached hydrogens (tertiary/aromatic N) is 3. The van der Waals surface area contributed by atoms with Gasteiger partial charge in [0.05, 0.1) is 11.9 Å². The molecule has 4 aromatic rings. The summed E-state index contributed by atoms with van der Waals surface area (Å²) in [6.07, 6.45) is 0. The number of hydrogen-bond acceptors (Lipinski definition) is 6. The summed E-state index contributed by atoms with van der Waals surface area (Å²) in [4.78, 5) is 24.2. The molecule has 0 saturated heterocycles. The van der Waals surface area contributed by atoms with Gasteiger partial charge in [-0.15, -0.1) is 10.2 Å². The highest BCUT2D eigenvalue weighted by Crippen LogP contribution is 2.32. The van der Waals surface area contributed by atoms with E-state index in [4.69, 9.17) is 4.74 Å². The van der Waals surface area contributed by atoms with Crippen molar-refractivity contribution in [3.05, 3.63) is 77.3 Å². The molecule has 0 fully saturated rings. The number of ether oxygens (including phenoxy) is 1. The molecule has 1 aromatic heterocycles. The summed E-state index contributed by atoms with van der Waals surface area (Å²) >= 11 is 4.79. The maximum absolute atomic E-state index is 13.0. The first-order chi connectivity index (χ1) is 17.8. The van der Waals surface area contributed by atoms with Crippen LogP contribution in [-0.2, 0) is 9.59 Å². The fraction of sp³-hybridized carbons (Fsp3) is 0.185. The standard InChI is InChI=1S/C27H26BrN5O3S/c1-4-36-24-15-13-23(14-16-24)33-25(19-5-7-20(28)8-6-19)31-32-27(33)37-17(2)26(35)30-22-11-9-21(10-12-22)29-18(3)34/h5-17H,4H2,1-3H3,(H,29,34)(H,30,35)/t17-/m1/s1. The predicted molar refractivity (Wildman–Crippen MR) is 150 cm³/mol. The van der Waals surface area contributed by atoms with Crippen molar-refractivity contribution in [2.75, 3.05) is 17.2 Å². The highest BCUT2D eigenvalue weighted by molar-refractivity contribution is 9.10. The van der Waals surface area contributed by atoms with Crippen LogP contribution in [0.15, 0.2) is 82.4 Å². The molecule has 3 aromatic carbocycles. The van der Waals surface area contributed by atoms with Crippen molar-refractivity contribution < 1.29 is 14.3 Å². The Balaban J connectivity index is 1.57. The van der Waals surface area contributed by atoms with Crippen molar-refractivity contribution >= 4 is 50.9 Å². The molecule has 0 aliphatic rings. The number of nitrogens with one attached hydrogen (secondary N) is 2. The van der Waals surface area contributed by atoms with E-state index in [1.165, 1.54) is 18.7 Å². The molecule has 4 rings (SSSR count). The van der Waals surface area contributed by atoms with Gasteiger partial charge in [-0.05, 0) is 74.5 Å². The van der Waals surface area contributed by atoms with E-state index >= 15 is 0 Å². The van der Waals surface area contributed by atoms with Gasteiger partial charge in [-0.2, -0.15) is 0 Å². The quantitative estimate of drug-likeness (QED) is 0.230. The summed E-state index contributed by atoms with van der Waals surface area (Å²) < 4.78 is 8.50. The summed E-state index contributed by atoms with van der Waals surface area (Å²) in [5.74, 6) is 1.11. The van der Waals surface area contributed by atoms with E-state index in [2.05, 4.69) is 36.8 Å². The zero-order valence-electron chi connectivity index (χ0n) is 20.6. The van der Waals surface area contributed by atoms with E-state index in [0.29, 0.717) is 29.0 Å². The molecule has 190 valence electrons. The first-order valence-electron chi connectivity index (χ1n) is 11.6. The molecule has 8 nitrogen and oxygen atoms in total. The lowest BCUT2D eigenvalue weighted by Gasteiger charge is -2.15. The van der Waals surface area contributed by atoms with Crippen LogP contribution >= 0.6 is 27.7 Å². The molecule has 37 heavy (non-hydrogen) atoms. The number of carbonyl (C=O) groups is 2. The molecule has 0 aliphatic heterocycles. The molecule has 0 aliphatic carbocycles. The molecular weight excluding hydrogens is 554 g/mol. The average Bonchev–Trinajstić information content (AvgIpc) is 3.29. The smallest absolute Gasteiger partial charge is 0.237 e. The minimum absolute atomic E-state index is 0.152. The van der Waals surface area contributed by atoms with Gasteiger partial charge in [0, 0.05) is 34.0 Å². The number of carbonyl (C=O) groups excluding carboxylic acids is 2. The molecule has 2 amide bonds. The zero-order chi connectivity index (χ0) is 26.4. The molecule has 0 radical (unpaired) electrons. The normalized spacial score (nSPS) is 11.6. The Morgan fingerprint density at radius 1 is 0.946 bits per heavy atom. The van der Waals surface area contributed by atoms with Gasteiger partial charge < -0.3 is 15.4 Å². The van der Waals surface area contributed by atoms with Gasteiger partial charge in [0.2, 0.25) is 11.8 Å². The largest absolute Gasteiger partial charge is 0.494 e. The maximum Gasteiger partial charge on any atom is 0.237 e. The lowest BCUT2D eigenvalue weighted by atomic mass is 10.2. The number of hydrogen-bond donors (Lipinski definition) is 2. The van der Waals surface area contributed by atoms with E-state index in [9.17, 15) is 9.59 Å². The Morgan fingerprint density at radius 3 is 2.16 bits per heavy atom. The third kappa shape index (κ3) is 6.78. The van der Waals surface area contributed by atoms with E-state index in [-0.39, 0.29) is 11.8 Å². The maximum atomic E-state index is 13.0. The van der Waals surface area contributed by atoms with Crippen LogP contribution in [0.25, 0.3) is 17.1 Å². The van der Waals surface area contributed by atoms with E-state index < -0.39 is 5.25 Å². The SMILES string of the molecule is CCOc1ccc(-n2c(S[C@H](C)C(=O)Nc3ccc(NC(C)=O)cc3)nnc2-c2ccc(Br)cc2)cc1. The van der Waals surface area contributed by atoms with Gasteiger partial charge >= 0.3 is 0 Å². The number of anilines is 2. The average molecular weight is 581 g/mol. The van der Waals surface area contributed by atoms with Gasteiger partial charge in [-0.1, -0.05) is 39.8 Å². The zero-order valence-corrected chi connectivity index (χ0v) is 23.0. The number of amides is 2. The van der Waals surface area contributed by atoms with Crippen molar-refractivity contribution in [1.82, 2.24) is 14.8 Å². The Morgan fingerprint density at radius 2 is 1.57 bits per heavy atom. The molecule has 10 heteroatoms. The van der Waals surface area contributed by atoms with Gasteiger partial charge in [0.1, 0.15) is 5.75 Å². The lowest BCUT2D eigenvalue weighted by Crippen LogP contribution is -2.23. The molecular formula is C27H26BrN5O3S. The molecule has 0 bridgehead atoms. The van der Waals surface area contributed by atoms with Crippen molar-refractivity contribution in [2.24, 2.45) is 0 Å². The Labute approximate surface area is 228 Å². The molecule has 0 unspecified atom stereocenters. The van der Waals surface area contributed by atoms with Crippen LogP contribution < -0.4 is 15.4 Å². The number of thioether (sulfide) groups is 1. The van der Waals surface area contributed by atoms with Gasteiger partial charge in [-0.3, -0.25) is 14.2 Å². The monoisotopic (exact) mass is 579 g/mol. The predicted octanol–water partition coefficient (Wildman–Crippen LogP) is 6.17. The van der Waals surface area contributed by atoms with E-state index in [1.807, 2.05) is 66.9 Å². The van der Waals surface area contributed by atoms with Crippen molar-refractivity contribution in [1.29, 1.82) is 0 Å². The second-order valence-electron chi connectivity index (χ2n) is 8.08. The van der Waals surface area contributed by atoms with E-state index in [1.54, 1.807) is 24.3 Å². The third-order valence-corrected chi connectivity index (χ3v) is 6.84. The third-order valence-electron chi connectivity index (χ3n) is 5.27. The Hall–Kier alpha value is -3.63. The van der Waals surface area contributed by atoms with Crippen molar-refractivity contribution in [3.8, 4) is 22.8 Å². The Kier molecular flexibility index (Phi) is 8.62. The summed E-state index contributed by atoms with van der Waals surface area (Å²) in [5.41, 5.74) is 3.05.